The van der Waals surface area contributed by atoms with E-state index in [4.69, 9.17) is 4.74 Å². The number of fused-ring (bicyclic) bond motifs is 3. The van der Waals surface area contributed by atoms with Crippen LogP contribution in [0.5, 0.6) is 0 Å². The summed E-state index contributed by atoms with van der Waals surface area (Å²) in [5.41, 5.74) is 0.735. The number of hydrogen-bond acceptors (Lipinski definition) is 4. The molecular weight excluding hydrogens is 433 g/mol. The first-order valence-corrected chi connectivity index (χ1v) is 12.8. The molecule has 1 amide bonds. The molecule has 34 heavy (non-hydrogen) atoms. The summed E-state index contributed by atoms with van der Waals surface area (Å²) in [6.45, 7) is 2.85. The van der Waals surface area contributed by atoms with Crippen molar-refractivity contribution >= 4 is 17.7 Å². The second-order valence-electron chi connectivity index (χ2n) is 10.6. The van der Waals surface area contributed by atoms with Gasteiger partial charge in [0.15, 0.2) is 12.6 Å². The van der Waals surface area contributed by atoms with Crippen LogP contribution in [0.25, 0.3) is 0 Å². The fourth-order valence-electron chi connectivity index (χ4n) is 6.55. The largest absolute Gasteiger partial charge is 0.455 e. The fourth-order valence-corrected chi connectivity index (χ4v) is 6.55. The predicted octanol–water partition coefficient (Wildman–Crippen LogP) is 4.54. The van der Waals surface area contributed by atoms with E-state index >= 15 is 0 Å². The lowest BCUT2D eigenvalue weighted by atomic mass is 9.73. The van der Waals surface area contributed by atoms with Crippen LogP contribution in [0, 0.1) is 17.2 Å². The zero-order valence-electron chi connectivity index (χ0n) is 19.8. The number of rotatable bonds is 6. The molecule has 0 unspecified atom stereocenters. The Morgan fingerprint density at radius 2 is 1.91 bits per heavy atom. The van der Waals surface area contributed by atoms with Gasteiger partial charge in [0.2, 0.25) is 0 Å². The average molecular weight is 469 g/mol. The molecule has 3 saturated heterocycles. The van der Waals surface area contributed by atoms with Gasteiger partial charge in [0.25, 0.3) is 5.91 Å². The van der Waals surface area contributed by atoms with Gasteiger partial charge in [-0.05, 0) is 37.0 Å². The highest BCUT2D eigenvalue weighted by Crippen LogP contribution is 2.46. The number of allylic oxidation sites excluding steroid dienone is 3. The van der Waals surface area contributed by atoms with E-state index in [0.29, 0.717) is 29.3 Å². The van der Waals surface area contributed by atoms with Crippen LogP contribution in [0.15, 0.2) is 42.1 Å². The molecule has 2 aliphatic carbocycles. The molecule has 2 bridgehead atoms. The fraction of sp³-hybridized carbons (Fsp3) is 0.593. The van der Waals surface area contributed by atoms with E-state index in [1.165, 1.54) is 30.5 Å². The Bertz CT molecular complexity index is 971. The van der Waals surface area contributed by atoms with Gasteiger partial charge in [0.1, 0.15) is 18.2 Å². The van der Waals surface area contributed by atoms with Gasteiger partial charge in [-0.2, -0.15) is 0 Å². The number of anilines is 1. The maximum atomic E-state index is 13.8. The first-order chi connectivity index (χ1) is 16.5. The highest BCUT2D eigenvalue weighted by atomic mass is 19.1. The van der Waals surface area contributed by atoms with Gasteiger partial charge in [-0.25, -0.2) is 9.37 Å². The number of nitrogens with zero attached hydrogens (tertiary/aromatic N) is 2. The summed E-state index contributed by atoms with van der Waals surface area (Å²) < 4.78 is 20.1. The lowest BCUT2D eigenvalue weighted by Crippen LogP contribution is -2.66. The zero-order chi connectivity index (χ0) is 23.6. The minimum atomic E-state index is -0.484. The number of carbonyl (C=O) groups is 2. The van der Waals surface area contributed by atoms with Crippen molar-refractivity contribution in [2.75, 3.05) is 31.5 Å². The van der Waals surface area contributed by atoms with Crippen LogP contribution in [0.1, 0.15) is 57.8 Å². The van der Waals surface area contributed by atoms with Crippen molar-refractivity contribution in [1.82, 2.24) is 4.98 Å². The molecule has 182 valence electrons. The van der Waals surface area contributed by atoms with E-state index in [-0.39, 0.29) is 18.0 Å². The van der Waals surface area contributed by atoms with E-state index in [2.05, 4.69) is 28.5 Å². The lowest BCUT2D eigenvalue weighted by Gasteiger charge is -2.52. The topological polar surface area (TPSA) is 68.3 Å². The van der Waals surface area contributed by atoms with E-state index in [1.807, 2.05) is 0 Å². The summed E-state index contributed by atoms with van der Waals surface area (Å²) in [7, 11) is 0. The first-order valence-electron chi connectivity index (χ1n) is 12.8. The molecule has 0 spiro atoms. The van der Waals surface area contributed by atoms with Crippen LogP contribution in [-0.4, -0.2) is 53.6 Å². The standard InChI is InChI=1S/C27H34FN3O3/c28-22-9-10-24(29-17-22)30-25(32)19-31-15-11-20(12-16-31)23(18-31)34-26(33)27(21-7-3-4-8-21)13-5-1-2-6-14-27/h3-4,7,9-10,17,20,23H,1-2,5-6,8,11-16,18-19H2/p+1/t20?,23-,31?/m0/s1. The van der Waals surface area contributed by atoms with Gasteiger partial charge in [-0.1, -0.05) is 43.9 Å². The molecule has 4 fully saturated rings. The normalized spacial score (nSPS) is 29.9. The summed E-state index contributed by atoms with van der Waals surface area (Å²) in [5.74, 6) is 0.129. The van der Waals surface area contributed by atoms with E-state index in [1.54, 1.807) is 0 Å². The molecule has 4 heterocycles. The number of esters is 1. The van der Waals surface area contributed by atoms with Gasteiger partial charge in [-0.3, -0.25) is 9.59 Å². The summed E-state index contributed by atoms with van der Waals surface area (Å²) in [4.78, 5) is 30.5. The van der Waals surface area contributed by atoms with Crippen molar-refractivity contribution in [3.63, 3.8) is 0 Å². The number of carbonyl (C=O) groups excluding carboxylic acids is 2. The first kappa shape index (κ1) is 23.2. The molecule has 1 N–H and O–H groups in total. The molecule has 1 atom stereocenters. The third kappa shape index (κ3) is 4.67. The quantitative estimate of drug-likeness (QED) is 0.378. The minimum absolute atomic E-state index is 0.0405. The van der Waals surface area contributed by atoms with E-state index < -0.39 is 11.2 Å². The van der Waals surface area contributed by atoms with Gasteiger partial charge in [0, 0.05) is 18.8 Å². The Kier molecular flexibility index (Phi) is 6.56. The second-order valence-corrected chi connectivity index (χ2v) is 10.6. The molecule has 1 saturated carbocycles. The number of ether oxygens (including phenoxy) is 1. The Morgan fingerprint density at radius 1 is 1.15 bits per heavy atom. The maximum absolute atomic E-state index is 13.8. The minimum Gasteiger partial charge on any atom is -0.455 e. The van der Waals surface area contributed by atoms with E-state index in [0.717, 1.165) is 64.2 Å². The Hall–Kier alpha value is -2.54. The number of quaternary nitrogens is 1. The molecule has 7 heteroatoms. The predicted molar refractivity (Wildman–Crippen MR) is 127 cm³/mol. The molecule has 0 radical (unpaired) electrons. The van der Waals surface area contributed by atoms with Gasteiger partial charge >= 0.3 is 5.97 Å². The molecule has 0 aromatic carbocycles. The number of pyridine rings is 1. The number of piperidine rings is 3. The molecule has 1 aromatic rings. The third-order valence-corrected chi connectivity index (χ3v) is 8.51. The molecule has 3 aliphatic heterocycles. The zero-order valence-corrected chi connectivity index (χ0v) is 19.8. The summed E-state index contributed by atoms with van der Waals surface area (Å²) >= 11 is 0. The summed E-state index contributed by atoms with van der Waals surface area (Å²) in [6, 6.07) is 2.76. The number of amides is 1. The number of hydrogen-bond donors (Lipinski definition) is 1. The Morgan fingerprint density at radius 3 is 2.56 bits per heavy atom. The molecule has 6 rings (SSSR count). The van der Waals surface area contributed by atoms with Crippen LogP contribution < -0.4 is 5.32 Å². The molecular formula is C27H35FN3O3+. The Balaban J connectivity index is 1.26. The van der Waals surface area contributed by atoms with Crippen LogP contribution in [-0.2, 0) is 14.3 Å². The lowest BCUT2D eigenvalue weighted by molar-refractivity contribution is -0.939. The van der Waals surface area contributed by atoms with E-state index in [9.17, 15) is 14.0 Å². The van der Waals surface area contributed by atoms with Crippen molar-refractivity contribution in [2.24, 2.45) is 11.3 Å². The number of nitrogens with one attached hydrogen (secondary N) is 1. The van der Waals surface area contributed by atoms with Crippen molar-refractivity contribution in [3.05, 3.63) is 47.9 Å². The summed E-state index contributed by atoms with van der Waals surface area (Å²) in [6.07, 6.45) is 16.3. The van der Waals surface area contributed by atoms with Crippen molar-refractivity contribution in [3.8, 4) is 0 Å². The molecule has 5 aliphatic rings. The van der Waals surface area contributed by atoms with Gasteiger partial charge in [-0.15, -0.1) is 0 Å². The van der Waals surface area contributed by atoms with Crippen LogP contribution in [0.4, 0.5) is 10.2 Å². The maximum Gasteiger partial charge on any atom is 0.316 e. The Labute approximate surface area is 200 Å². The second kappa shape index (κ2) is 9.61. The van der Waals surface area contributed by atoms with Crippen LogP contribution in [0.2, 0.25) is 0 Å². The number of halogens is 1. The molecule has 1 aromatic heterocycles. The molecule has 6 nitrogen and oxygen atoms in total. The van der Waals surface area contributed by atoms with Crippen molar-refractivity contribution in [2.45, 2.75) is 63.9 Å². The van der Waals surface area contributed by atoms with Crippen LogP contribution in [0.3, 0.4) is 0 Å². The average Bonchev–Trinajstić information content (AvgIpc) is 3.26. The highest BCUT2D eigenvalue weighted by Gasteiger charge is 2.51. The van der Waals surface area contributed by atoms with Gasteiger partial charge in [0.05, 0.1) is 24.7 Å². The summed E-state index contributed by atoms with van der Waals surface area (Å²) in [5, 5.41) is 2.80. The van der Waals surface area contributed by atoms with Gasteiger partial charge < -0.3 is 14.5 Å². The highest BCUT2D eigenvalue weighted by molar-refractivity contribution is 5.90. The van der Waals surface area contributed by atoms with Crippen molar-refractivity contribution in [1.29, 1.82) is 0 Å². The SMILES string of the molecule is O=C(C[N+]12CCC(CC1)[C@@H](OC(=O)C1(C3=CC=CC3)CCCCCC1)C2)Nc1ccc(F)cn1. The number of aromatic nitrogens is 1. The smallest absolute Gasteiger partial charge is 0.316 e. The van der Waals surface area contributed by atoms with Crippen LogP contribution >= 0.6 is 0 Å². The third-order valence-electron chi connectivity index (χ3n) is 8.51. The monoisotopic (exact) mass is 468 g/mol. The van der Waals surface area contributed by atoms with Crippen molar-refractivity contribution < 1.29 is 23.2 Å².